The van der Waals surface area contributed by atoms with Gasteiger partial charge >= 0.3 is 0 Å². The van der Waals surface area contributed by atoms with E-state index in [0.717, 1.165) is 44.7 Å². The zero-order chi connectivity index (χ0) is 30.7. The van der Waals surface area contributed by atoms with Crippen LogP contribution in [-0.2, 0) is 17.6 Å². The van der Waals surface area contributed by atoms with Gasteiger partial charge in [0.25, 0.3) is 0 Å². The quantitative estimate of drug-likeness (QED) is 0.123. The van der Waals surface area contributed by atoms with Crippen LogP contribution < -0.4 is 9.16 Å². The van der Waals surface area contributed by atoms with E-state index in [0.29, 0.717) is 6.61 Å². The minimum Gasteiger partial charge on any atom is -0.544 e. The van der Waals surface area contributed by atoms with Crippen molar-refractivity contribution in [3.8, 4) is 11.5 Å². The number of ether oxygens (including phenoxy) is 1. The van der Waals surface area contributed by atoms with Gasteiger partial charge in [-0.1, -0.05) is 136 Å². The Bertz CT molecular complexity index is 1750. The van der Waals surface area contributed by atoms with Crippen molar-refractivity contribution in [1.29, 1.82) is 0 Å². The van der Waals surface area contributed by atoms with Gasteiger partial charge in [0.1, 0.15) is 12.1 Å². The third-order valence-corrected chi connectivity index (χ3v) is 8.83. The summed E-state index contributed by atoms with van der Waals surface area (Å²) < 4.78 is 15.2. The molecule has 44 heavy (non-hydrogen) atoms. The Hall–Kier alpha value is -4.61. The number of aromatic nitrogens is 2. The van der Waals surface area contributed by atoms with Crippen LogP contribution in [0.25, 0.3) is 10.8 Å². The minimum absolute atomic E-state index is 0.0739. The molecule has 5 heteroatoms. The Labute approximate surface area is 262 Å². The van der Waals surface area contributed by atoms with Gasteiger partial charge in [0, 0.05) is 11.6 Å². The number of hydrogen-bond acceptors (Lipinski definition) is 3. The third-order valence-electron chi connectivity index (χ3n) is 8.13. The number of fused-ring (bicyclic) bond motifs is 1. The van der Waals surface area contributed by atoms with Crippen LogP contribution in [0.3, 0.4) is 0 Å². The summed E-state index contributed by atoms with van der Waals surface area (Å²) in [5.41, 5.74) is 5.07. The second kappa shape index (κ2) is 12.2. The van der Waals surface area contributed by atoms with Crippen molar-refractivity contribution < 1.29 is 9.16 Å². The smallest absolute Gasteiger partial charge is 0.229 e. The first-order chi connectivity index (χ1) is 21.3. The van der Waals surface area contributed by atoms with Crippen LogP contribution in [0.5, 0.6) is 11.5 Å². The molecule has 0 unspecified atom stereocenters. The molecule has 0 fully saturated rings. The van der Waals surface area contributed by atoms with Gasteiger partial charge in [-0.2, -0.15) is 0 Å². The first-order valence-electron chi connectivity index (χ1n) is 15.3. The zero-order valence-corrected chi connectivity index (χ0v) is 27.4. The Kier molecular flexibility index (Phi) is 8.15. The molecular weight excluding hydrogens is 557 g/mol. The summed E-state index contributed by atoms with van der Waals surface area (Å²) in [7, 11) is -1.40. The zero-order valence-electron chi connectivity index (χ0n) is 26.2. The second-order valence-electron chi connectivity index (χ2n) is 12.6. The average Bonchev–Trinajstić information content (AvgIpc) is 3.51. The predicted octanol–water partition coefficient (Wildman–Crippen LogP) is 9.12. The van der Waals surface area contributed by atoms with E-state index in [9.17, 15) is 0 Å². The molecule has 1 heterocycles. The van der Waals surface area contributed by atoms with Crippen LogP contribution >= 0.6 is 0 Å². The molecule has 0 amide bonds. The molecule has 4 nitrogen and oxygen atoms in total. The number of rotatable bonds is 9. The normalized spacial score (nSPS) is 12.0. The lowest BCUT2D eigenvalue weighted by Crippen LogP contribution is -2.36. The predicted molar refractivity (Wildman–Crippen MR) is 183 cm³/mol. The number of hydrogen-bond donors (Lipinski definition) is 0. The molecule has 0 radical (unpaired) electrons. The molecule has 0 spiro atoms. The van der Waals surface area contributed by atoms with Crippen molar-refractivity contribution in [2.24, 2.45) is 0 Å². The van der Waals surface area contributed by atoms with Gasteiger partial charge in [-0.15, -0.1) is 0 Å². The lowest BCUT2D eigenvalue weighted by Gasteiger charge is -2.37. The topological polar surface area (TPSA) is 36.3 Å². The van der Waals surface area contributed by atoms with E-state index in [1.54, 1.807) is 0 Å². The van der Waals surface area contributed by atoms with Crippen molar-refractivity contribution in [2.75, 3.05) is 0 Å². The van der Waals surface area contributed by atoms with E-state index >= 15 is 0 Å². The SMILES string of the molecule is C[SiH](C)Oc1c(OCc2cn(C(c3ccccc3)(c3ccccc3)c3ccccc3)cn2)ccc2cc(C(C)(C)C)ccc12. The highest BCUT2D eigenvalue weighted by Crippen LogP contribution is 2.41. The molecule has 0 saturated carbocycles. The van der Waals surface area contributed by atoms with E-state index in [1.807, 2.05) is 12.4 Å². The summed E-state index contributed by atoms with van der Waals surface area (Å²) in [5, 5.41) is 2.25. The van der Waals surface area contributed by atoms with Crippen molar-refractivity contribution in [2.45, 2.75) is 51.4 Å². The van der Waals surface area contributed by atoms with Crippen LogP contribution in [0.1, 0.15) is 48.7 Å². The Balaban J connectivity index is 1.40. The maximum absolute atomic E-state index is 6.49. The van der Waals surface area contributed by atoms with Gasteiger partial charge in [-0.3, -0.25) is 0 Å². The van der Waals surface area contributed by atoms with Gasteiger partial charge in [-0.05, 0) is 52.2 Å². The molecule has 0 aliphatic carbocycles. The fourth-order valence-corrected chi connectivity index (χ4v) is 6.69. The third kappa shape index (κ3) is 5.68. The van der Waals surface area contributed by atoms with Gasteiger partial charge in [-0.25, -0.2) is 4.98 Å². The van der Waals surface area contributed by atoms with Crippen LogP contribution in [0.15, 0.2) is 134 Å². The Morgan fingerprint density at radius 3 is 1.77 bits per heavy atom. The van der Waals surface area contributed by atoms with Crippen molar-refractivity contribution in [1.82, 2.24) is 9.55 Å². The Morgan fingerprint density at radius 1 is 0.682 bits per heavy atom. The molecule has 1 aromatic heterocycles. The van der Waals surface area contributed by atoms with Gasteiger partial charge < -0.3 is 13.7 Å². The average molecular weight is 597 g/mol. The molecule has 6 rings (SSSR count). The molecule has 0 saturated heterocycles. The van der Waals surface area contributed by atoms with Crippen molar-refractivity contribution in [3.05, 3.63) is 162 Å². The van der Waals surface area contributed by atoms with Crippen molar-refractivity contribution in [3.63, 3.8) is 0 Å². The van der Waals surface area contributed by atoms with Gasteiger partial charge in [0.2, 0.25) is 9.04 Å². The van der Waals surface area contributed by atoms with E-state index in [-0.39, 0.29) is 5.41 Å². The molecule has 6 aromatic rings. The number of nitrogens with zero attached hydrogens (tertiary/aromatic N) is 2. The molecule has 0 aliphatic heterocycles. The lowest BCUT2D eigenvalue weighted by molar-refractivity contribution is 0.293. The highest BCUT2D eigenvalue weighted by Gasteiger charge is 2.38. The fourth-order valence-electron chi connectivity index (χ4n) is 5.98. The summed E-state index contributed by atoms with van der Waals surface area (Å²) in [4.78, 5) is 4.87. The van der Waals surface area contributed by atoms with E-state index in [1.165, 1.54) is 5.56 Å². The molecule has 0 atom stereocenters. The fraction of sp³-hybridized carbons (Fsp3) is 0.205. The van der Waals surface area contributed by atoms with Gasteiger partial charge in [0.05, 0.1) is 12.0 Å². The van der Waals surface area contributed by atoms with E-state index in [2.05, 4.69) is 160 Å². The van der Waals surface area contributed by atoms with Crippen LogP contribution in [0.2, 0.25) is 13.1 Å². The molecule has 0 aliphatic rings. The molecule has 0 bridgehead atoms. The standard InChI is InChI=1S/C39H40N2O2Si/c1-38(2,3)33-22-23-35-29(25-33)21-24-36(37(35)43-44(4)5)42-27-34-26-41(28-40-34)39(30-15-9-6-10-16-30,31-17-11-7-12-18-31)32-19-13-8-14-20-32/h6-26,28,44H,27H2,1-5H3. The number of imidazole rings is 1. The van der Waals surface area contributed by atoms with Crippen molar-refractivity contribution >= 4 is 19.8 Å². The highest BCUT2D eigenvalue weighted by atomic mass is 28.3. The lowest BCUT2D eigenvalue weighted by atomic mass is 9.77. The Morgan fingerprint density at radius 2 is 1.25 bits per heavy atom. The van der Waals surface area contributed by atoms with Crippen LogP contribution in [-0.4, -0.2) is 18.6 Å². The summed E-state index contributed by atoms with van der Waals surface area (Å²) in [6, 6.07) is 42.7. The summed E-state index contributed by atoms with van der Waals surface area (Å²) in [5.74, 6) is 1.58. The molecule has 222 valence electrons. The molecule has 0 N–H and O–H groups in total. The summed E-state index contributed by atoms with van der Waals surface area (Å²) in [6.07, 6.45) is 4.04. The minimum atomic E-state index is -1.40. The first kappa shape index (κ1) is 29.5. The van der Waals surface area contributed by atoms with Gasteiger partial charge in [0.15, 0.2) is 11.5 Å². The monoisotopic (exact) mass is 596 g/mol. The van der Waals surface area contributed by atoms with Crippen LogP contribution in [0, 0.1) is 0 Å². The maximum atomic E-state index is 6.49. The van der Waals surface area contributed by atoms with Crippen LogP contribution in [0.4, 0.5) is 0 Å². The molecular formula is C39H40N2O2Si. The second-order valence-corrected chi connectivity index (χ2v) is 14.9. The number of benzene rings is 5. The molecule has 5 aromatic carbocycles. The van der Waals surface area contributed by atoms with E-state index in [4.69, 9.17) is 14.1 Å². The summed E-state index contributed by atoms with van der Waals surface area (Å²) >= 11 is 0. The van der Waals surface area contributed by atoms with E-state index < -0.39 is 14.6 Å². The highest BCUT2D eigenvalue weighted by molar-refractivity contribution is 6.49. The summed E-state index contributed by atoms with van der Waals surface area (Å²) in [6.45, 7) is 11.4. The largest absolute Gasteiger partial charge is 0.544 e. The first-order valence-corrected chi connectivity index (χ1v) is 18.1. The maximum Gasteiger partial charge on any atom is 0.229 e.